The van der Waals surface area contributed by atoms with Gasteiger partial charge in [0.15, 0.2) is 0 Å². The monoisotopic (exact) mass is 819 g/mol. The maximum Gasteiger partial charge on any atom is 0.251 e. The molecule has 1 saturated heterocycles. The lowest BCUT2D eigenvalue weighted by molar-refractivity contribution is -0.177. The molecule has 1 aromatic carbocycles. The summed E-state index contributed by atoms with van der Waals surface area (Å²) >= 11 is 6.50. The van der Waals surface area contributed by atoms with Crippen molar-refractivity contribution in [2.24, 2.45) is 29.6 Å². The van der Waals surface area contributed by atoms with Crippen molar-refractivity contribution in [3.8, 4) is 5.75 Å². The smallest absolute Gasteiger partial charge is 0.251 e. The molecule has 3 aliphatic rings. The largest absolute Gasteiger partial charge is 0.491 e. The van der Waals surface area contributed by atoms with Gasteiger partial charge in [-0.1, -0.05) is 70.7 Å². The lowest BCUT2D eigenvalue weighted by Crippen LogP contribution is -2.62. The van der Waals surface area contributed by atoms with Gasteiger partial charge in [0.2, 0.25) is 5.91 Å². The van der Waals surface area contributed by atoms with Crippen molar-refractivity contribution in [3.63, 3.8) is 0 Å². The molecule has 0 aromatic heterocycles. The highest BCUT2D eigenvalue weighted by Gasteiger charge is 2.43. The number of carbonyl (C=O) groups is 2. The van der Waals surface area contributed by atoms with E-state index in [0.717, 1.165) is 74.5 Å². The second-order valence-electron chi connectivity index (χ2n) is 16.5. The summed E-state index contributed by atoms with van der Waals surface area (Å²) < 4.78 is 21.5. The summed E-state index contributed by atoms with van der Waals surface area (Å²) in [6.07, 6.45) is 11.4. The molecule has 11 nitrogen and oxygen atoms in total. The number of fused-ring (bicyclic) bond motifs is 1. The number of carbonyl (C=O) groups excluding carboxylic acids is 2. The number of hydrogen-bond donors (Lipinski definition) is 2. The summed E-state index contributed by atoms with van der Waals surface area (Å²) in [6, 6.07) is 5.72. The van der Waals surface area contributed by atoms with Gasteiger partial charge in [-0.2, -0.15) is 0 Å². The highest BCUT2D eigenvalue weighted by molar-refractivity contribution is 6.31. The Labute approximate surface area is 349 Å². The van der Waals surface area contributed by atoms with Crippen molar-refractivity contribution in [2.45, 2.75) is 91.7 Å². The second-order valence-corrected chi connectivity index (χ2v) is 17.0. The van der Waals surface area contributed by atoms with Crippen LogP contribution in [-0.2, 0) is 19.0 Å². The number of aliphatic hydroxyl groups is 1. The van der Waals surface area contributed by atoms with Crippen LogP contribution in [-0.4, -0.2) is 127 Å². The third-order valence-corrected chi connectivity index (χ3v) is 12.4. The number of halogens is 1. The van der Waals surface area contributed by atoms with E-state index >= 15 is 0 Å². The van der Waals surface area contributed by atoms with Crippen molar-refractivity contribution in [2.75, 3.05) is 99.0 Å². The average molecular weight is 820 g/mol. The first-order valence-electron chi connectivity index (χ1n) is 21.3. The van der Waals surface area contributed by atoms with Gasteiger partial charge in [0.25, 0.3) is 5.91 Å². The molecule has 1 aromatic rings. The van der Waals surface area contributed by atoms with Gasteiger partial charge in [0.1, 0.15) is 11.5 Å². The molecule has 1 aliphatic carbocycles. The van der Waals surface area contributed by atoms with E-state index in [9.17, 15) is 14.7 Å². The summed E-state index contributed by atoms with van der Waals surface area (Å²) in [5.74, 6) is 2.34. The molecule has 324 valence electrons. The van der Waals surface area contributed by atoms with Crippen molar-refractivity contribution in [3.05, 3.63) is 46.5 Å². The number of methoxy groups -OCH3 is 2. The Morgan fingerprint density at radius 2 is 1.81 bits per heavy atom. The molecule has 0 bridgehead atoms. The van der Waals surface area contributed by atoms with Crippen molar-refractivity contribution in [1.82, 2.24) is 15.1 Å². The summed E-state index contributed by atoms with van der Waals surface area (Å²) in [7, 11) is 6.55. The van der Waals surface area contributed by atoms with E-state index in [-0.39, 0.29) is 30.2 Å². The minimum atomic E-state index is -1.10. The predicted molar refractivity (Wildman–Crippen MR) is 231 cm³/mol. The van der Waals surface area contributed by atoms with E-state index in [1.165, 1.54) is 5.57 Å². The number of piperazine rings is 1. The van der Waals surface area contributed by atoms with E-state index in [1.54, 1.807) is 28.4 Å². The van der Waals surface area contributed by atoms with Gasteiger partial charge in [-0.3, -0.25) is 14.5 Å². The maximum absolute atomic E-state index is 13.4. The number of amides is 2. The standard InChI is InChI=1S/C43H69ClN4O6.C2H6O/c1-8-11-34-26-37(44)15-16-38(34)36-28-47(39-27-35(42(50)45-6)14-17-40(39)54-30-36)19-10-13-33(5)43(51,18-9-12-32(4)31(2)3)48-21-20-46(41(49)29-48)22-23-53-25-24-52-7;1-3-2/h14-15,17,26-27,31-33,36,38,51H,8-13,16,18-25,28-30H2,1-7H3,(H,45,50);1-2H3/t32?,33?,36?,38?,43-;/m0./s1. The number of allylic oxidation sites excluding steroid dienone is 4. The number of nitrogens with zero attached hydrogens (tertiary/aromatic N) is 3. The highest BCUT2D eigenvalue weighted by atomic mass is 35.5. The molecule has 12 heteroatoms. The summed E-state index contributed by atoms with van der Waals surface area (Å²) in [6.45, 7) is 16.7. The molecule has 5 atom stereocenters. The first-order chi connectivity index (χ1) is 27.3. The van der Waals surface area contributed by atoms with Crippen LogP contribution >= 0.6 is 11.6 Å². The Hall–Kier alpha value is -2.67. The number of ether oxygens (including phenoxy) is 4. The van der Waals surface area contributed by atoms with Crippen LogP contribution in [0.3, 0.4) is 0 Å². The Kier molecular flexibility index (Phi) is 21.4. The maximum atomic E-state index is 13.4. The quantitative estimate of drug-likeness (QED) is 0.123. The molecule has 0 radical (unpaired) electrons. The van der Waals surface area contributed by atoms with Gasteiger partial charge in [-0.05, 0) is 86.5 Å². The van der Waals surface area contributed by atoms with Crippen molar-refractivity contribution >= 4 is 29.1 Å². The molecule has 2 N–H and O–H groups in total. The van der Waals surface area contributed by atoms with Crippen LogP contribution in [0.1, 0.15) is 96.3 Å². The topological polar surface area (TPSA) is 113 Å². The number of nitrogens with one attached hydrogen (secondary N) is 1. The first kappa shape index (κ1) is 48.7. The van der Waals surface area contributed by atoms with Crippen LogP contribution in [0.2, 0.25) is 0 Å². The van der Waals surface area contributed by atoms with Crippen LogP contribution < -0.4 is 15.0 Å². The Morgan fingerprint density at radius 3 is 2.47 bits per heavy atom. The Balaban J connectivity index is 0.00000281. The van der Waals surface area contributed by atoms with Crippen LogP contribution in [0.4, 0.5) is 5.69 Å². The lowest BCUT2D eigenvalue weighted by atomic mass is 9.79. The highest BCUT2D eigenvalue weighted by Crippen LogP contribution is 2.41. The van der Waals surface area contributed by atoms with Crippen molar-refractivity contribution in [1.29, 1.82) is 0 Å². The molecule has 1 fully saturated rings. The number of rotatable bonds is 21. The number of anilines is 1. The van der Waals surface area contributed by atoms with Gasteiger partial charge in [0.05, 0.1) is 38.7 Å². The molecule has 0 spiro atoms. The fourth-order valence-electron chi connectivity index (χ4n) is 8.28. The van der Waals surface area contributed by atoms with Gasteiger partial charge >= 0.3 is 0 Å². The fourth-order valence-corrected chi connectivity index (χ4v) is 8.51. The summed E-state index contributed by atoms with van der Waals surface area (Å²) in [5.41, 5.74) is 1.82. The first-order valence-corrected chi connectivity index (χ1v) is 21.7. The normalized spacial score (nSPS) is 20.9. The lowest BCUT2D eigenvalue weighted by Gasteiger charge is -2.47. The number of benzene rings is 1. The van der Waals surface area contributed by atoms with Crippen LogP contribution in [0.15, 0.2) is 41.0 Å². The van der Waals surface area contributed by atoms with Crippen LogP contribution in [0, 0.1) is 29.6 Å². The zero-order valence-corrected chi connectivity index (χ0v) is 37.4. The zero-order chi connectivity index (χ0) is 42.0. The minimum Gasteiger partial charge on any atom is -0.491 e. The third-order valence-electron chi connectivity index (χ3n) is 12.2. The van der Waals surface area contributed by atoms with E-state index in [2.05, 4.69) is 61.7 Å². The number of hydrogen-bond acceptors (Lipinski definition) is 9. The molecule has 2 amide bonds. The third kappa shape index (κ3) is 14.5. The molecule has 4 rings (SSSR count). The van der Waals surface area contributed by atoms with Gasteiger partial charge in [0, 0.05) is 77.6 Å². The van der Waals surface area contributed by atoms with E-state index in [0.29, 0.717) is 75.8 Å². The molecule has 2 aliphatic heterocycles. The van der Waals surface area contributed by atoms with Gasteiger partial charge in [-0.15, -0.1) is 0 Å². The van der Waals surface area contributed by atoms with Gasteiger partial charge in [-0.25, -0.2) is 0 Å². The second kappa shape index (κ2) is 25.1. The molecule has 2 heterocycles. The zero-order valence-electron chi connectivity index (χ0n) is 36.6. The van der Waals surface area contributed by atoms with Crippen LogP contribution in [0.25, 0.3) is 0 Å². The van der Waals surface area contributed by atoms with E-state index in [4.69, 9.17) is 25.8 Å². The SMILES string of the molecule is CCCC1=CC(Cl)=CCC1C1COc2ccc(C(=O)NC)cc2N(CCCC(C)[C@@](O)(CCCC(C)C(C)C)N2CCN(CCOCCOC)C(=O)C2)C1.COC. The Morgan fingerprint density at radius 1 is 1.05 bits per heavy atom. The summed E-state index contributed by atoms with van der Waals surface area (Å²) in [5, 5.41) is 16.2. The molecule has 0 saturated carbocycles. The average Bonchev–Trinajstić information content (AvgIpc) is 3.37. The van der Waals surface area contributed by atoms with E-state index in [1.807, 2.05) is 28.0 Å². The van der Waals surface area contributed by atoms with Crippen molar-refractivity contribution < 1.29 is 33.6 Å². The molecular weight excluding hydrogens is 744 g/mol. The Bertz CT molecular complexity index is 1440. The molecule has 57 heavy (non-hydrogen) atoms. The van der Waals surface area contributed by atoms with Crippen LogP contribution in [0.5, 0.6) is 5.75 Å². The summed E-state index contributed by atoms with van der Waals surface area (Å²) in [4.78, 5) is 32.5. The predicted octanol–water partition coefficient (Wildman–Crippen LogP) is 7.37. The van der Waals surface area contributed by atoms with Gasteiger partial charge < -0.3 is 39.2 Å². The molecular formula is C45H75ClN4O7. The minimum absolute atomic E-state index is 0.0345. The fraction of sp³-hybridized carbons (Fsp3) is 0.733. The molecule has 4 unspecified atom stereocenters. The van der Waals surface area contributed by atoms with E-state index < -0.39 is 5.72 Å².